The Hall–Kier alpha value is -1.01. The zero-order valence-electron chi connectivity index (χ0n) is 10.9. The molecule has 17 heavy (non-hydrogen) atoms. The van der Waals surface area contributed by atoms with Gasteiger partial charge in [0.05, 0.1) is 11.6 Å². The number of hydrogen-bond acceptors (Lipinski definition) is 2. The second-order valence-electron chi connectivity index (χ2n) is 4.90. The van der Waals surface area contributed by atoms with Crippen molar-refractivity contribution in [2.75, 3.05) is 11.9 Å². The summed E-state index contributed by atoms with van der Waals surface area (Å²) in [6.45, 7) is 6.67. The molecule has 0 N–H and O–H groups in total. The molecule has 1 aromatic carbocycles. The molecule has 0 aliphatic rings. The summed E-state index contributed by atoms with van der Waals surface area (Å²) >= 11 is 3.44. The molecule has 0 heterocycles. The fraction of sp³-hybridized carbons (Fsp3) is 0.500. The highest BCUT2D eigenvalue weighted by atomic mass is 79.9. The first kappa shape index (κ1) is 14.1. The van der Waals surface area contributed by atoms with Crippen LogP contribution in [0.4, 0.5) is 5.69 Å². The summed E-state index contributed by atoms with van der Waals surface area (Å²) in [6, 6.07) is 8.48. The van der Waals surface area contributed by atoms with Gasteiger partial charge in [-0.1, -0.05) is 29.8 Å². The van der Waals surface area contributed by atoms with E-state index in [1.54, 1.807) is 0 Å². The van der Waals surface area contributed by atoms with Crippen LogP contribution < -0.4 is 4.90 Å². The SMILES string of the molecule is CC(C)CC(C)N(C)c1cc(Br)cc(C#N)c1. The molecule has 2 nitrogen and oxygen atoms in total. The maximum absolute atomic E-state index is 8.96. The van der Waals surface area contributed by atoms with Gasteiger partial charge in [0.25, 0.3) is 0 Å². The number of benzene rings is 1. The Labute approximate surface area is 112 Å². The van der Waals surface area contributed by atoms with Gasteiger partial charge in [0.15, 0.2) is 0 Å². The Morgan fingerprint density at radius 2 is 1.94 bits per heavy atom. The molecule has 92 valence electrons. The van der Waals surface area contributed by atoms with Gasteiger partial charge in [0.2, 0.25) is 0 Å². The molecular weight excluding hydrogens is 276 g/mol. The second kappa shape index (κ2) is 6.07. The molecule has 1 aromatic rings. The summed E-state index contributed by atoms with van der Waals surface area (Å²) in [5, 5.41) is 8.96. The predicted octanol–water partition coefficient (Wildman–Crippen LogP) is 4.19. The van der Waals surface area contributed by atoms with Crippen LogP contribution in [0.1, 0.15) is 32.8 Å². The molecule has 0 aliphatic heterocycles. The molecule has 0 saturated heterocycles. The number of nitrogens with zero attached hydrogens (tertiary/aromatic N) is 2. The average Bonchev–Trinajstić information content (AvgIpc) is 2.26. The van der Waals surface area contributed by atoms with Gasteiger partial charge in [-0.05, 0) is 37.5 Å². The van der Waals surface area contributed by atoms with Crippen molar-refractivity contribution in [3.63, 3.8) is 0 Å². The summed E-state index contributed by atoms with van der Waals surface area (Å²) in [6.07, 6.45) is 1.14. The third kappa shape index (κ3) is 4.05. The lowest BCUT2D eigenvalue weighted by molar-refractivity contribution is 0.504. The van der Waals surface area contributed by atoms with Crippen LogP contribution in [0.3, 0.4) is 0 Å². The molecule has 0 amide bonds. The second-order valence-corrected chi connectivity index (χ2v) is 5.82. The molecule has 1 rings (SSSR count). The van der Waals surface area contributed by atoms with E-state index in [1.165, 1.54) is 0 Å². The minimum Gasteiger partial charge on any atom is -0.372 e. The smallest absolute Gasteiger partial charge is 0.0992 e. The van der Waals surface area contributed by atoms with E-state index in [1.807, 2.05) is 12.1 Å². The topological polar surface area (TPSA) is 27.0 Å². The molecule has 0 aromatic heterocycles. The molecule has 0 fully saturated rings. The highest BCUT2D eigenvalue weighted by Crippen LogP contribution is 2.24. The standard InChI is InChI=1S/C14H19BrN2/c1-10(2)5-11(3)17(4)14-7-12(9-16)6-13(15)8-14/h6-8,10-11H,5H2,1-4H3. The van der Waals surface area contributed by atoms with Crippen molar-refractivity contribution in [2.24, 2.45) is 5.92 Å². The van der Waals surface area contributed by atoms with Crippen LogP contribution in [-0.2, 0) is 0 Å². The normalized spacial score (nSPS) is 12.3. The Bertz CT molecular complexity index is 421. The first-order valence-corrected chi connectivity index (χ1v) is 6.67. The van der Waals surface area contributed by atoms with Crippen molar-refractivity contribution in [2.45, 2.75) is 33.2 Å². The minimum absolute atomic E-state index is 0.468. The first-order valence-electron chi connectivity index (χ1n) is 5.87. The summed E-state index contributed by atoms with van der Waals surface area (Å²) in [4.78, 5) is 2.23. The predicted molar refractivity (Wildman–Crippen MR) is 76.2 cm³/mol. The highest BCUT2D eigenvalue weighted by Gasteiger charge is 2.12. The van der Waals surface area contributed by atoms with Crippen molar-refractivity contribution in [1.82, 2.24) is 0 Å². The molecule has 3 heteroatoms. The Morgan fingerprint density at radius 1 is 1.29 bits per heavy atom. The Morgan fingerprint density at radius 3 is 2.47 bits per heavy atom. The molecular formula is C14H19BrN2. The summed E-state index contributed by atoms with van der Waals surface area (Å²) in [5.41, 5.74) is 1.78. The molecule has 0 spiro atoms. The Kier molecular flexibility index (Phi) is 5.02. The molecule has 0 saturated carbocycles. The lowest BCUT2D eigenvalue weighted by atomic mass is 10.0. The summed E-state index contributed by atoms with van der Waals surface area (Å²) < 4.78 is 0.954. The van der Waals surface area contributed by atoms with Gasteiger partial charge in [-0.3, -0.25) is 0 Å². The molecule has 0 aliphatic carbocycles. The zero-order chi connectivity index (χ0) is 13.0. The molecule has 1 atom stereocenters. The van der Waals surface area contributed by atoms with Gasteiger partial charge in [0, 0.05) is 23.2 Å². The van der Waals surface area contributed by atoms with Crippen LogP contribution in [0, 0.1) is 17.2 Å². The van der Waals surface area contributed by atoms with Crippen LogP contribution in [-0.4, -0.2) is 13.1 Å². The number of hydrogen-bond donors (Lipinski definition) is 0. The van der Waals surface area contributed by atoms with Crippen molar-refractivity contribution >= 4 is 21.6 Å². The van der Waals surface area contributed by atoms with E-state index in [0.717, 1.165) is 16.6 Å². The van der Waals surface area contributed by atoms with E-state index in [4.69, 9.17) is 5.26 Å². The number of nitriles is 1. The summed E-state index contributed by atoms with van der Waals surface area (Å²) in [7, 11) is 2.08. The fourth-order valence-electron chi connectivity index (χ4n) is 1.94. The molecule has 1 unspecified atom stereocenters. The van der Waals surface area contributed by atoms with Gasteiger partial charge >= 0.3 is 0 Å². The van der Waals surface area contributed by atoms with Gasteiger partial charge in [-0.2, -0.15) is 5.26 Å². The number of halogens is 1. The van der Waals surface area contributed by atoms with Crippen LogP contribution in [0.2, 0.25) is 0 Å². The highest BCUT2D eigenvalue weighted by molar-refractivity contribution is 9.10. The van der Waals surface area contributed by atoms with Gasteiger partial charge in [0.1, 0.15) is 0 Å². The van der Waals surface area contributed by atoms with E-state index in [-0.39, 0.29) is 0 Å². The minimum atomic E-state index is 0.468. The fourth-order valence-corrected chi connectivity index (χ4v) is 2.42. The van der Waals surface area contributed by atoms with Crippen LogP contribution in [0.15, 0.2) is 22.7 Å². The van der Waals surface area contributed by atoms with E-state index in [2.05, 4.69) is 60.8 Å². The van der Waals surface area contributed by atoms with Crippen molar-refractivity contribution in [3.05, 3.63) is 28.2 Å². The lowest BCUT2D eigenvalue weighted by Crippen LogP contribution is -2.30. The van der Waals surface area contributed by atoms with Crippen LogP contribution in [0.25, 0.3) is 0 Å². The average molecular weight is 295 g/mol. The van der Waals surface area contributed by atoms with Crippen molar-refractivity contribution < 1.29 is 0 Å². The van der Waals surface area contributed by atoms with Crippen LogP contribution in [0.5, 0.6) is 0 Å². The third-order valence-electron chi connectivity index (χ3n) is 2.89. The summed E-state index contributed by atoms with van der Waals surface area (Å²) in [5.74, 6) is 0.676. The Balaban J connectivity index is 2.92. The van der Waals surface area contributed by atoms with Gasteiger partial charge in [-0.15, -0.1) is 0 Å². The quantitative estimate of drug-likeness (QED) is 0.832. The monoisotopic (exact) mass is 294 g/mol. The molecule has 0 radical (unpaired) electrons. The molecule has 0 bridgehead atoms. The van der Waals surface area contributed by atoms with E-state index in [9.17, 15) is 0 Å². The largest absolute Gasteiger partial charge is 0.372 e. The first-order chi connectivity index (χ1) is 7.93. The number of anilines is 1. The van der Waals surface area contributed by atoms with Crippen molar-refractivity contribution in [1.29, 1.82) is 5.26 Å². The maximum atomic E-state index is 8.96. The van der Waals surface area contributed by atoms with E-state index >= 15 is 0 Å². The zero-order valence-corrected chi connectivity index (χ0v) is 12.5. The van der Waals surface area contributed by atoms with Crippen molar-refractivity contribution in [3.8, 4) is 6.07 Å². The van der Waals surface area contributed by atoms with E-state index in [0.29, 0.717) is 17.5 Å². The lowest BCUT2D eigenvalue weighted by Gasteiger charge is -2.28. The maximum Gasteiger partial charge on any atom is 0.0992 e. The van der Waals surface area contributed by atoms with Crippen LogP contribution >= 0.6 is 15.9 Å². The van der Waals surface area contributed by atoms with Gasteiger partial charge in [-0.25, -0.2) is 0 Å². The number of rotatable bonds is 4. The third-order valence-corrected chi connectivity index (χ3v) is 3.35. The van der Waals surface area contributed by atoms with E-state index < -0.39 is 0 Å². The van der Waals surface area contributed by atoms with Gasteiger partial charge < -0.3 is 4.90 Å².